The molecule has 0 atom stereocenters. The third-order valence-electron chi connectivity index (χ3n) is 3.13. The van der Waals surface area contributed by atoms with Gasteiger partial charge in [-0.25, -0.2) is 0 Å². The fraction of sp³-hybridized carbons (Fsp3) is 0.600. The number of rotatable bonds is 2. The van der Waals surface area contributed by atoms with Crippen LogP contribution < -0.4 is 5.73 Å². The highest BCUT2D eigenvalue weighted by atomic mass is 16.2. The van der Waals surface area contributed by atoms with Gasteiger partial charge in [0.15, 0.2) is 5.82 Å². The van der Waals surface area contributed by atoms with Crippen LogP contribution in [0.3, 0.4) is 0 Å². The van der Waals surface area contributed by atoms with E-state index in [1.165, 1.54) is 6.42 Å². The first-order valence-electron chi connectivity index (χ1n) is 5.19. The van der Waals surface area contributed by atoms with Crippen molar-refractivity contribution in [3.8, 4) is 0 Å². The summed E-state index contributed by atoms with van der Waals surface area (Å²) in [5.74, 6) is 0.270. The van der Waals surface area contributed by atoms with E-state index in [1.54, 1.807) is 4.90 Å². The van der Waals surface area contributed by atoms with Crippen LogP contribution >= 0.6 is 0 Å². The highest BCUT2D eigenvalue weighted by Gasteiger charge is 2.28. The van der Waals surface area contributed by atoms with E-state index in [0.29, 0.717) is 17.4 Å². The van der Waals surface area contributed by atoms with E-state index < -0.39 is 0 Å². The third-order valence-corrected chi connectivity index (χ3v) is 3.13. The summed E-state index contributed by atoms with van der Waals surface area (Å²) in [7, 11) is 1.83. The van der Waals surface area contributed by atoms with Crippen LogP contribution in [0.25, 0.3) is 0 Å². The van der Waals surface area contributed by atoms with Crippen LogP contribution in [-0.2, 0) is 0 Å². The Bertz CT molecular complexity index is 361. The molecule has 0 bridgehead atoms. The monoisotopic (exact) mass is 208 g/mol. The van der Waals surface area contributed by atoms with Gasteiger partial charge in [-0.2, -0.15) is 5.10 Å². The lowest BCUT2D eigenvalue weighted by molar-refractivity contribution is 0.0652. The molecule has 1 heterocycles. The van der Waals surface area contributed by atoms with Crippen molar-refractivity contribution in [1.29, 1.82) is 0 Å². The number of carbonyl (C=O) groups is 1. The fourth-order valence-corrected chi connectivity index (χ4v) is 1.83. The highest BCUT2D eigenvalue weighted by molar-refractivity contribution is 5.99. The van der Waals surface area contributed by atoms with Crippen molar-refractivity contribution in [1.82, 2.24) is 15.1 Å². The van der Waals surface area contributed by atoms with Gasteiger partial charge in [-0.05, 0) is 26.2 Å². The molecule has 2 rings (SSSR count). The van der Waals surface area contributed by atoms with Crippen LogP contribution in [0, 0.1) is 6.92 Å². The Balaban J connectivity index is 2.19. The maximum Gasteiger partial charge on any atom is 0.259 e. The molecule has 1 aliphatic rings. The number of carbonyl (C=O) groups excluding carboxylic acids is 1. The minimum Gasteiger partial charge on any atom is -0.382 e. The molecule has 0 saturated heterocycles. The summed E-state index contributed by atoms with van der Waals surface area (Å²) < 4.78 is 0. The van der Waals surface area contributed by atoms with Crippen molar-refractivity contribution >= 4 is 11.7 Å². The molecular formula is C10H16N4O. The zero-order valence-corrected chi connectivity index (χ0v) is 9.08. The summed E-state index contributed by atoms with van der Waals surface area (Å²) in [5.41, 5.74) is 6.91. The van der Waals surface area contributed by atoms with E-state index in [0.717, 1.165) is 18.5 Å². The van der Waals surface area contributed by atoms with E-state index >= 15 is 0 Å². The molecule has 0 aliphatic heterocycles. The van der Waals surface area contributed by atoms with Crippen LogP contribution in [0.15, 0.2) is 0 Å². The first-order valence-corrected chi connectivity index (χ1v) is 5.19. The van der Waals surface area contributed by atoms with Gasteiger partial charge in [0.2, 0.25) is 0 Å². The molecule has 0 aromatic carbocycles. The van der Waals surface area contributed by atoms with Crippen molar-refractivity contribution in [2.24, 2.45) is 0 Å². The Morgan fingerprint density at radius 3 is 2.67 bits per heavy atom. The molecule has 5 nitrogen and oxygen atoms in total. The average Bonchev–Trinajstić information content (AvgIpc) is 2.42. The summed E-state index contributed by atoms with van der Waals surface area (Å²) in [4.78, 5) is 13.8. The van der Waals surface area contributed by atoms with E-state index in [2.05, 4.69) is 10.2 Å². The topological polar surface area (TPSA) is 75.0 Å². The molecule has 15 heavy (non-hydrogen) atoms. The Labute approximate surface area is 88.6 Å². The number of anilines is 1. The minimum atomic E-state index is -0.0246. The van der Waals surface area contributed by atoms with Crippen molar-refractivity contribution in [3.63, 3.8) is 0 Å². The molecule has 1 amide bonds. The SMILES string of the molecule is Cc1[nH]nc(N)c1C(=O)N(C)C1CCC1. The number of nitrogens with zero attached hydrogens (tertiary/aromatic N) is 2. The van der Waals surface area contributed by atoms with Gasteiger partial charge in [-0.1, -0.05) is 0 Å². The summed E-state index contributed by atoms with van der Waals surface area (Å²) in [5, 5.41) is 6.55. The first kappa shape index (κ1) is 10.0. The fourth-order valence-electron chi connectivity index (χ4n) is 1.83. The number of aromatic nitrogens is 2. The van der Waals surface area contributed by atoms with Crippen LogP contribution in [-0.4, -0.2) is 34.1 Å². The van der Waals surface area contributed by atoms with E-state index in [4.69, 9.17) is 5.73 Å². The molecule has 0 spiro atoms. The van der Waals surface area contributed by atoms with Gasteiger partial charge in [0, 0.05) is 18.8 Å². The van der Waals surface area contributed by atoms with Gasteiger partial charge in [-0.15, -0.1) is 0 Å². The van der Waals surface area contributed by atoms with Crippen LogP contribution in [0.2, 0.25) is 0 Å². The lowest BCUT2D eigenvalue weighted by Crippen LogP contribution is -2.41. The number of hydrogen-bond acceptors (Lipinski definition) is 3. The Hall–Kier alpha value is -1.52. The van der Waals surface area contributed by atoms with Crippen molar-refractivity contribution in [2.45, 2.75) is 32.2 Å². The lowest BCUT2D eigenvalue weighted by atomic mass is 9.91. The molecule has 3 N–H and O–H groups in total. The number of amides is 1. The molecule has 5 heteroatoms. The highest BCUT2D eigenvalue weighted by Crippen LogP contribution is 2.26. The van der Waals surface area contributed by atoms with Crippen molar-refractivity contribution < 1.29 is 4.79 Å². The van der Waals surface area contributed by atoms with E-state index in [9.17, 15) is 4.79 Å². The van der Waals surface area contributed by atoms with Gasteiger partial charge < -0.3 is 10.6 Å². The predicted octanol–water partition coefficient (Wildman–Crippen LogP) is 0.925. The second-order valence-electron chi connectivity index (χ2n) is 4.11. The summed E-state index contributed by atoms with van der Waals surface area (Å²) in [6.45, 7) is 1.81. The van der Waals surface area contributed by atoms with Gasteiger partial charge in [-0.3, -0.25) is 9.89 Å². The lowest BCUT2D eigenvalue weighted by Gasteiger charge is -2.34. The Morgan fingerprint density at radius 1 is 1.60 bits per heavy atom. The van der Waals surface area contributed by atoms with Gasteiger partial charge in [0.05, 0.1) is 0 Å². The first-order chi connectivity index (χ1) is 7.11. The molecule has 1 aromatic heterocycles. The third kappa shape index (κ3) is 1.58. The van der Waals surface area contributed by atoms with Crippen LogP contribution in [0.4, 0.5) is 5.82 Å². The molecule has 0 unspecified atom stereocenters. The molecular weight excluding hydrogens is 192 g/mol. The molecule has 1 fully saturated rings. The van der Waals surface area contributed by atoms with Crippen LogP contribution in [0.1, 0.15) is 35.3 Å². The largest absolute Gasteiger partial charge is 0.382 e. The van der Waals surface area contributed by atoms with Crippen LogP contribution in [0.5, 0.6) is 0 Å². The van der Waals surface area contributed by atoms with Gasteiger partial charge in [0.1, 0.15) is 5.56 Å². The predicted molar refractivity (Wildman–Crippen MR) is 57.5 cm³/mol. The number of aromatic amines is 1. The Morgan fingerprint density at radius 2 is 2.27 bits per heavy atom. The second-order valence-corrected chi connectivity index (χ2v) is 4.11. The summed E-state index contributed by atoms with van der Waals surface area (Å²) in [6, 6.07) is 0.381. The van der Waals surface area contributed by atoms with Crippen molar-refractivity contribution in [2.75, 3.05) is 12.8 Å². The summed E-state index contributed by atoms with van der Waals surface area (Å²) in [6.07, 6.45) is 3.40. The molecule has 1 aromatic rings. The number of hydrogen-bond donors (Lipinski definition) is 2. The maximum atomic E-state index is 12.1. The molecule has 82 valence electrons. The van der Waals surface area contributed by atoms with E-state index in [-0.39, 0.29) is 5.91 Å². The molecule has 0 radical (unpaired) electrons. The number of nitrogens with one attached hydrogen (secondary N) is 1. The number of H-pyrrole nitrogens is 1. The normalized spacial score (nSPS) is 16.1. The average molecular weight is 208 g/mol. The van der Waals surface area contributed by atoms with Gasteiger partial charge in [0.25, 0.3) is 5.91 Å². The minimum absolute atomic E-state index is 0.0246. The molecule has 1 saturated carbocycles. The quantitative estimate of drug-likeness (QED) is 0.759. The smallest absolute Gasteiger partial charge is 0.259 e. The van der Waals surface area contributed by atoms with E-state index in [1.807, 2.05) is 14.0 Å². The number of nitrogen functional groups attached to an aromatic ring is 1. The maximum absolute atomic E-state index is 12.1. The van der Waals surface area contributed by atoms with Crippen molar-refractivity contribution in [3.05, 3.63) is 11.3 Å². The second kappa shape index (κ2) is 3.56. The standard InChI is InChI=1S/C10H16N4O/c1-6-8(9(11)13-12-6)10(15)14(2)7-4-3-5-7/h7H,3-5H2,1-2H3,(H3,11,12,13). The number of nitrogens with two attached hydrogens (primary N) is 1. The molecule has 1 aliphatic carbocycles. The zero-order chi connectivity index (χ0) is 11.0. The summed E-state index contributed by atoms with van der Waals surface area (Å²) >= 11 is 0. The van der Waals surface area contributed by atoms with Gasteiger partial charge >= 0.3 is 0 Å². The Kier molecular flexibility index (Phi) is 2.38. The zero-order valence-electron chi connectivity index (χ0n) is 9.08. The number of aryl methyl sites for hydroxylation is 1.